The Kier molecular flexibility index (Phi) is 12.8. The second-order valence-electron chi connectivity index (χ2n) is 6.96. The number of thioether (sulfide) groups is 1. The van der Waals surface area contributed by atoms with Gasteiger partial charge in [0, 0.05) is 5.75 Å². The number of carbonyl (C=O) groups excluding carboxylic acids is 3. The predicted octanol–water partition coefficient (Wildman–Crippen LogP) is -1.23. The lowest BCUT2D eigenvalue weighted by atomic mass is 10.1. The molecular formula is C20H30N4O6S2. The topological polar surface area (TPSA) is 171 Å². The summed E-state index contributed by atoms with van der Waals surface area (Å²) in [5.74, 6) is -2.91. The van der Waals surface area contributed by atoms with Gasteiger partial charge in [-0.2, -0.15) is 24.4 Å². The molecule has 0 radical (unpaired) electrons. The van der Waals surface area contributed by atoms with E-state index in [2.05, 4.69) is 28.6 Å². The maximum absolute atomic E-state index is 12.8. The molecule has 12 heteroatoms. The third-order valence-corrected chi connectivity index (χ3v) is 5.50. The van der Waals surface area contributed by atoms with Crippen LogP contribution >= 0.6 is 24.4 Å². The second kappa shape index (κ2) is 14.7. The minimum atomic E-state index is -1.51. The molecule has 0 aromatic heterocycles. The van der Waals surface area contributed by atoms with Gasteiger partial charge in [0.25, 0.3) is 0 Å². The van der Waals surface area contributed by atoms with Crippen molar-refractivity contribution in [1.29, 1.82) is 0 Å². The molecule has 0 saturated heterocycles. The molecule has 0 fully saturated rings. The van der Waals surface area contributed by atoms with Crippen molar-refractivity contribution in [3.05, 3.63) is 35.9 Å². The lowest BCUT2D eigenvalue weighted by Crippen LogP contribution is -2.58. The zero-order chi connectivity index (χ0) is 24.1. The van der Waals surface area contributed by atoms with E-state index in [1.165, 1.54) is 11.8 Å². The number of aliphatic hydroxyl groups excluding tert-OH is 1. The highest BCUT2D eigenvalue weighted by Gasteiger charge is 2.29. The van der Waals surface area contributed by atoms with E-state index >= 15 is 0 Å². The number of carboxylic acids is 1. The Morgan fingerprint density at radius 3 is 2.09 bits per heavy atom. The fraction of sp³-hybridized carbons (Fsp3) is 0.500. The summed E-state index contributed by atoms with van der Waals surface area (Å²) in [6, 6.07) is 4.73. The Balaban J connectivity index is 2.79. The van der Waals surface area contributed by atoms with Gasteiger partial charge in [-0.3, -0.25) is 14.4 Å². The van der Waals surface area contributed by atoms with Crippen molar-refractivity contribution in [3.63, 3.8) is 0 Å². The number of hydrogen-bond donors (Lipinski definition) is 7. The molecule has 10 nitrogen and oxygen atoms in total. The molecule has 0 aliphatic heterocycles. The van der Waals surface area contributed by atoms with Gasteiger partial charge in [-0.1, -0.05) is 30.3 Å². The number of carbonyl (C=O) groups is 4. The zero-order valence-electron chi connectivity index (χ0n) is 17.7. The fourth-order valence-electron chi connectivity index (χ4n) is 2.67. The first-order chi connectivity index (χ1) is 15.2. The Hall–Kier alpha value is -2.28. The number of rotatable bonds is 14. The number of amides is 3. The number of aliphatic carboxylic acids is 1. The molecule has 1 aromatic rings. The van der Waals surface area contributed by atoms with E-state index in [9.17, 15) is 19.2 Å². The van der Waals surface area contributed by atoms with Crippen molar-refractivity contribution in [3.8, 4) is 0 Å². The van der Waals surface area contributed by atoms with Crippen LogP contribution in [0.15, 0.2) is 30.3 Å². The molecule has 4 atom stereocenters. The van der Waals surface area contributed by atoms with Gasteiger partial charge in [0.15, 0.2) is 0 Å². The molecule has 1 rings (SSSR count). The van der Waals surface area contributed by atoms with Crippen LogP contribution in [0.2, 0.25) is 0 Å². The number of hydrogen-bond acceptors (Lipinski definition) is 8. The van der Waals surface area contributed by atoms with Crippen LogP contribution in [0.25, 0.3) is 0 Å². The molecule has 0 spiro atoms. The van der Waals surface area contributed by atoms with Gasteiger partial charge < -0.3 is 31.9 Å². The Labute approximate surface area is 196 Å². The minimum absolute atomic E-state index is 0.119. The molecule has 0 aliphatic rings. The van der Waals surface area contributed by atoms with Crippen molar-refractivity contribution in [2.75, 3.05) is 24.4 Å². The summed E-state index contributed by atoms with van der Waals surface area (Å²) in [6.45, 7) is -0.806. The molecule has 0 bridgehead atoms. The first-order valence-electron chi connectivity index (χ1n) is 9.87. The van der Waals surface area contributed by atoms with Gasteiger partial charge in [0.1, 0.15) is 18.1 Å². The number of nitrogens with two attached hydrogens (primary N) is 1. The maximum Gasteiger partial charge on any atom is 0.328 e. The minimum Gasteiger partial charge on any atom is -0.480 e. The maximum atomic E-state index is 12.8. The molecule has 0 aliphatic carbocycles. The van der Waals surface area contributed by atoms with Gasteiger partial charge >= 0.3 is 5.97 Å². The van der Waals surface area contributed by atoms with Gasteiger partial charge in [-0.15, -0.1) is 0 Å². The number of aliphatic hydroxyl groups is 1. The van der Waals surface area contributed by atoms with Crippen LogP contribution in [-0.2, 0) is 25.6 Å². The average Bonchev–Trinajstić information content (AvgIpc) is 2.78. The molecule has 0 heterocycles. The Bertz CT molecular complexity index is 768. The molecule has 4 unspecified atom stereocenters. The molecule has 3 amide bonds. The number of carboxylic acid groups (broad SMARTS) is 1. The van der Waals surface area contributed by atoms with E-state index in [-0.39, 0.29) is 5.75 Å². The molecule has 0 saturated carbocycles. The summed E-state index contributed by atoms with van der Waals surface area (Å²) < 4.78 is 0. The van der Waals surface area contributed by atoms with E-state index in [1.54, 1.807) is 0 Å². The van der Waals surface area contributed by atoms with E-state index < -0.39 is 54.5 Å². The van der Waals surface area contributed by atoms with Gasteiger partial charge in [-0.05, 0) is 30.4 Å². The van der Waals surface area contributed by atoms with E-state index in [1.807, 2.05) is 36.6 Å². The lowest BCUT2D eigenvalue weighted by molar-refractivity contribution is -0.143. The SMILES string of the molecule is CSCCC(NC(=O)C(N)Cc1ccccc1)C(=O)NC(CS)C(=O)NC(CO)C(=O)O. The smallest absolute Gasteiger partial charge is 0.328 e. The predicted molar refractivity (Wildman–Crippen MR) is 125 cm³/mol. The summed E-state index contributed by atoms with van der Waals surface area (Å²) in [5, 5.41) is 25.2. The summed E-state index contributed by atoms with van der Waals surface area (Å²) in [6.07, 6.45) is 2.44. The summed E-state index contributed by atoms with van der Waals surface area (Å²) in [7, 11) is 0. The van der Waals surface area contributed by atoms with Crippen LogP contribution in [0.3, 0.4) is 0 Å². The highest BCUT2D eigenvalue weighted by molar-refractivity contribution is 7.98. The summed E-state index contributed by atoms with van der Waals surface area (Å²) >= 11 is 5.51. The lowest BCUT2D eigenvalue weighted by Gasteiger charge is -2.24. The monoisotopic (exact) mass is 486 g/mol. The van der Waals surface area contributed by atoms with Crippen LogP contribution in [0, 0.1) is 0 Å². The van der Waals surface area contributed by atoms with Crippen molar-refractivity contribution in [1.82, 2.24) is 16.0 Å². The van der Waals surface area contributed by atoms with Crippen LogP contribution in [0.4, 0.5) is 0 Å². The van der Waals surface area contributed by atoms with Crippen molar-refractivity contribution >= 4 is 48.1 Å². The standard InChI is InChI=1S/C20H30N4O6S2/c1-32-8-7-14(22-17(26)13(21)9-12-5-3-2-4-6-12)18(27)24-16(11-31)19(28)23-15(10-25)20(29)30/h2-6,13-16,25,31H,7-11,21H2,1H3,(H,22,26)(H,23,28)(H,24,27)(H,29,30). The Morgan fingerprint density at radius 2 is 1.56 bits per heavy atom. The number of nitrogens with one attached hydrogen (secondary N) is 3. The molecule has 7 N–H and O–H groups in total. The molecular weight excluding hydrogens is 456 g/mol. The van der Waals surface area contributed by atoms with Crippen LogP contribution in [-0.4, -0.2) is 82.4 Å². The van der Waals surface area contributed by atoms with Crippen molar-refractivity contribution in [2.45, 2.75) is 37.0 Å². The molecule has 32 heavy (non-hydrogen) atoms. The van der Waals surface area contributed by atoms with Crippen molar-refractivity contribution < 1.29 is 29.4 Å². The van der Waals surface area contributed by atoms with Crippen LogP contribution in [0.1, 0.15) is 12.0 Å². The average molecular weight is 487 g/mol. The molecule has 178 valence electrons. The third-order valence-electron chi connectivity index (χ3n) is 4.49. The first kappa shape index (κ1) is 27.8. The highest BCUT2D eigenvalue weighted by atomic mass is 32.2. The van der Waals surface area contributed by atoms with E-state index in [4.69, 9.17) is 15.9 Å². The van der Waals surface area contributed by atoms with E-state index in [0.717, 1.165) is 5.56 Å². The normalized spacial score (nSPS) is 14.5. The summed E-state index contributed by atoms with van der Waals surface area (Å²) in [5.41, 5.74) is 6.87. The summed E-state index contributed by atoms with van der Waals surface area (Å²) in [4.78, 5) is 48.6. The van der Waals surface area contributed by atoms with Gasteiger partial charge in [0.2, 0.25) is 17.7 Å². The van der Waals surface area contributed by atoms with E-state index in [0.29, 0.717) is 18.6 Å². The fourth-order valence-corrected chi connectivity index (χ4v) is 3.40. The van der Waals surface area contributed by atoms with Crippen molar-refractivity contribution in [2.24, 2.45) is 5.73 Å². The van der Waals surface area contributed by atoms with Gasteiger partial charge in [-0.25, -0.2) is 4.79 Å². The zero-order valence-corrected chi connectivity index (χ0v) is 19.4. The highest BCUT2D eigenvalue weighted by Crippen LogP contribution is 2.05. The Morgan fingerprint density at radius 1 is 1.00 bits per heavy atom. The largest absolute Gasteiger partial charge is 0.480 e. The van der Waals surface area contributed by atoms with Gasteiger partial charge in [0.05, 0.1) is 12.6 Å². The number of benzene rings is 1. The second-order valence-corrected chi connectivity index (χ2v) is 8.32. The quantitative estimate of drug-likeness (QED) is 0.160. The number of thiol groups is 1. The van der Waals surface area contributed by atoms with Crippen LogP contribution in [0.5, 0.6) is 0 Å². The first-order valence-corrected chi connectivity index (χ1v) is 11.9. The third kappa shape index (κ3) is 9.47. The van der Waals surface area contributed by atoms with Crippen LogP contribution < -0.4 is 21.7 Å². The molecule has 1 aromatic carbocycles.